The van der Waals surface area contributed by atoms with Crippen LogP contribution in [0.5, 0.6) is 17.2 Å². The maximum atomic E-state index is 6.15. The number of nitrogens with zero attached hydrogens (tertiary/aromatic N) is 4. The first kappa shape index (κ1) is 24.6. The summed E-state index contributed by atoms with van der Waals surface area (Å²) in [6.07, 6.45) is 4.81. The topological polar surface area (TPSA) is 101 Å². The highest BCUT2D eigenvalue weighted by Crippen LogP contribution is 2.36. The van der Waals surface area contributed by atoms with Gasteiger partial charge in [-0.3, -0.25) is 4.84 Å². The quantitative estimate of drug-likeness (QED) is 0.247. The maximum Gasteiger partial charge on any atom is 0.199 e. The Morgan fingerprint density at radius 2 is 1.58 bits per heavy atom. The van der Waals surface area contributed by atoms with Crippen LogP contribution < -0.4 is 15.0 Å². The molecule has 0 unspecified atom stereocenters. The van der Waals surface area contributed by atoms with E-state index in [9.17, 15) is 0 Å². The Morgan fingerprint density at radius 3 is 2.24 bits per heavy atom. The lowest BCUT2D eigenvalue weighted by molar-refractivity contribution is 0.135. The van der Waals surface area contributed by atoms with E-state index in [4.69, 9.17) is 18.7 Å². The van der Waals surface area contributed by atoms with Gasteiger partial charge < -0.3 is 13.9 Å². The zero-order chi connectivity index (χ0) is 23.9. The third kappa shape index (κ3) is 6.47. The largest absolute Gasteiger partial charge is 0.493 e. The molecule has 176 valence electrons. The smallest absolute Gasteiger partial charge is 0.199 e. The number of hydrogen-bond acceptors (Lipinski definition) is 9. The molecular weight excluding hydrogens is 438 g/mol. The Morgan fingerprint density at radius 1 is 0.879 bits per heavy atom. The molecule has 2 heterocycles. The minimum absolute atomic E-state index is 0.132. The van der Waals surface area contributed by atoms with Gasteiger partial charge in [-0.1, -0.05) is 32.9 Å². The van der Waals surface area contributed by atoms with Crippen molar-refractivity contribution in [3.63, 3.8) is 0 Å². The van der Waals surface area contributed by atoms with Crippen LogP contribution in [0.3, 0.4) is 0 Å². The van der Waals surface area contributed by atoms with Gasteiger partial charge in [0.2, 0.25) is 0 Å². The third-order valence-corrected chi connectivity index (χ3v) is 9.97. The van der Waals surface area contributed by atoms with Gasteiger partial charge in [-0.05, 0) is 36.3 Å². The van der Waals surface area contributed by atoms with E-state index in [0.717, 1.165) is 0 Å². The van der Waals surface area contributed by atoms with Crippen molar-refractivity contribution in [1.82, 2.24) is 19.9 Å². The highest BCUT2D eigenvalue weighted by molar-refractivity contribution is 6.74. The molecule has 1 aromatic carbocycles. The summed E-state index contributed by atoms with van der Waals surface area (Å²) >= 11 is 0. The van der Waals surface area contributed by atoms with Gasteiger partial charge >= 0.3 is 0 Å². The van der Waals surface area contributed by atoms with E-state index in [2.05, 4.69) is 59.3 Å². The van der Waals surface area contributed by atoms with Crippen LogP contribution in [-0.4, -0.2) is 48.6 Å². The second-order valence-electron chi connectivity index (χ2n) is 8.79. The fourth-order valence-corrected chi connectivity index (χ4v) is 3.56. The lowest BCUT2D eigenvalue weighted by Crippen LogP contribution is -2.41. The van der Waals surface area contributed by atoms with Crippen LogP contribution >= 0.6 is 0 Å². The molecule has 0 aliphatic carbocycles. The number of aromatic nitrogens is 4. The molecule has 0 fully saturated rings. The predicted molar refractivity (Wildman–Crippen MR) is 129 cm³/mol. The molecule has 9 nitrogen and oxygen atoms in total. The van der Waals surface area contributed by atoms with Crippen LogP contribution in [0.25, 0.3) is 11.6 Å². The van der Waals surface area contributed by atoms with Crippen molar-refractivity contribution < 1.29 is 18.7 Å². The monoisotopic (exact) mass is 469 g/mol. The average molecular weight is 470 g/mol. The normalized spacial score (nSPS) is 11.8. The van der Waals surface area contributed by atoms with Crippen molar-refractivity contribution in [2.24, 2.45) is 0 Å². The van der Waals surface area contributed by atoms with E-state index in [0.29, 0.717) is 47.9 Å². The Labute approximate surface area is 195 Å². The number of benzene rings is 1. The molecule has 1 N–H and O–H groups in total. The number of anilines is 1. The SMILES string of the molecule is COc1ccccc1Oc1cnc(-c2ncccn2)nc1NOCCO[Si](C)(C)C(C)(C)C. The summed E-state index contributed by atoms with van der Waals surface area (Å²) in [7, 11) is -0.266. The minimum atomic E-state index is -1.85. The Balaban J connectivity index is 1.75. The lowest BCUT2D eigenvalue weighted by atomic mass is 10.2. The Kier molecular flexibility index (Phi) is 7.95. The second-order valence-corrected chi connectivity index (χ2v) is 13.6. The summed E-state index contributed by atoms with van der Waals surface area (Å²) in [5, 5.41) is 0.132. The molecule has 33 heavy (non-hydrogen) atoms. The molecule has 0 aliphatic heterocycles. The molecule has 0 radical (unpaired) electrons. The molecular formula is C23H31N5O4Si. The van der Waals surface area contributed by atoms with Gasteiger partial charge in [0.05, 0.1) is 26.5 Å². The summed E-state index contributed by atoms with van der Waals surface area (Å²) in [6, 6.07) is 9.05. The summed E-state index contributed by atoms with van der Waals surface area (Å²) in [6.45, 7) is 11.8. The zero-order valence-electron chi connectivity index (χ0n) is 20.0. The first-order chi connectivity index (χ1) is 15.7. The Hall–Kier alpha value is -3.08. The number of nitrogens with one attached hydrogen (secondary N) is 1. The first-order valence-corrected chi connectivity index (χ1v) is 13.6. The number of methoxy groups -OCH3 is 1. The van der Waals surface area contributed by atoms with Gasteiger partial charge in [-0.15, -0.1) is 0 Å². The van der Waals surface area contributed by atoms with E-state index in [1.54, 1.807) is 37.8 Å². The molecule has 0 amide bonds. The van der Waals surface area contributed by atoms with E-state index >= 15 is 0 Å². The summed E-state index contributed by atoms with van der Waals surface area (Å²) in [5.74, 6) is 2.55. The summed E-state index contributed by atoms with van der Waals surface area (Å²) < 4.78 is 17.5. The van der Waals surface area contributed by atoms with Gasteiger partial charge in [0.25, 0.3) is 0 Å². The average Bonchev–Trinajstić information content (AvgIpc) is 2.80. The van der Waals surface area contributed by atoms with Crippen molar-refractivity contribution in [2.45, 2.75) is 38.9 Å². The van der Waals surface area contributed by atoms with Gasteiger partial charge in [-0.2, -0.15) is 0 Å². The van der Waals surface area contributed by atoms with E-state index in [-0.39, 0.29) is 5.04 Å². The molecule has 0 atom stereocenters. The van der Waals surface area contributed by atoms with Crippen LogP contribution in [-0.2, 0) is 9.26 Å². The predicted octanol–water partition coefficient (Wildman–Crippen LogP) is 5.10. The van der Waals surface area contributed by atoms with E-state index < -0.39 is 8.32 Å². The van der Waals surface area contributed by atoms with Crippen molar-refractivity contribution >= 4 is 14.1 Å². The molecule has 2 aromatic heterocycles. The lowest BCUT2D eigenvalue weighted by Gasteiger charge is -2.36. The zero-order valence-corrected chi connectivity index (χ0v) is 21.0. The highest BCUT2D eigenvalue weighted by Gasteiger charge is 2.36. The highest BCUT2D eigenvalue weighted by atomic mass is 28.4. The minimum Gasteiger partial charge on any atom is -0.493 e. The molecule has 10 heteroatoms. The van der Waals surface area contributed by atoms with Gasteiger partial charge in [-0.25, -0.2) is 25.4 Å². The van der Waals surface area contributed by atoms with Crippen molar-refractivity contribution in [3.8, 4) is 28.9 Å². The molecule has 3 aromatic rings. The van der Waals surface area contributed by atoms with Crippen molar-refractivity contribution in [2.75, 3.05) is 25.8 Å². The van der Waals surface area contributed by atoms with Crippen molar-refractivity contribution in [3.05, 3.63) is 48.9 Å². The summed E-state index contributed by atoms with van der Waals surface area (Å²) in [5.41, 5.74) is 2.87. The van der Waals surface area contributed by atoms with Crippen LogP contribution in [0.1, 0.15) is 20.8 Å². The van der Waals surface area contributed by atoms with E-state index in [1.165, 1.54) is 0 Å². The first-order valence-electron chi connectivity index (χ1n) is 10.7. The molecule has 3 rings (SSSR count). The molecule has 0 aliphatic rings. The number of rotatable bonds is 10. The van der Waals surface area contributed by atoms with Gasteiger partial charge in [0.1, 0.15) is 0 Å². The van der Waals surface area contributed by atoms with Crippen LogP contribution in [0.2, 0.25) is 18.1 Å². The number of ether oxygens (including phenoxy) is 2. The molecule has 0 bridgehead atoms. The fraction of sp³-hybridized carbons (Fsp3) is 0.391. The maximum absolute atomic E-state index is 6.15. The van der Waals surface area contributed by atoms with Crippen LogP contribution in [0.4, 0.5) is 5.82 Å². The number of hydrogen-bond donors (Lipinski definition) is 1. The third-order valence-electron chi connectivity index (χ3n) is 5.43. The van der Waals surface area contributed by atoms with Crippen LogP contribution in [0.15, 0.2) is 48.9 Å². The van der Waals surface area contributed by atoms with Crippen LogP contribution in [0, 0.1) is 0 Å². The molecule has 0 saturated heterocycles. The fourth-order valence-electron chi connectivity index (χ4n) is 2.54. The van der Waals surface area contributed by atoms with Gasteiger partial charge in [0.15, 0.2) is 43.0 Å². The molecule has 0 spiro atoms. The standard InChI is InChI=1S/C23H31N5O4Si/c1-23(2,3)33(5,6)31-15-14-30-28-20-19(32-18-11-8-7-10-17(18)29-4)16-26-22(27-20)21-24-12-9-13-25-21/h7-13,16H,14-15H2,1-6H3,(H,26,27,28). The van der Waals surface area contributed by atoms with Gasteiger partial charge in [0, 0.05) is 12.4 Å². The molecule has 0 saturated carbocycles. The summed E-state index contributed by atoms with van der Waals surface area (Å²) in [4.78, 5) is 22.9. The van der Waals surface area contributed by atoms with E-state index in [1.807, 2.05) is 18.2 Å². The van der Waals surface area contributed by atoms with Crippen molar-refractivity contribution in [1.29, 1.82) is 0 Å². The Bertz CT molecular complexity index is 1040. The number of para-hydroxylation sites is 2. The second kappa shape index (κ2) is 10.7.